The molecule has 0 unspecified atom stereocenters. The van der Waals surface area contributed by atoms with E-state index < -0.39 is 0 Å². The maximum Gasteiger partial charge on any atom is 0.271 e. The summed E-state index contributed by atoms with van der Waals surface area (Å²) in [4.78, 5) is 12.3. The molecule has 0 aliphatic heterocycles. The van der Waals surface area contributed by atoms with E-state index in [0.29, 0.717) is 5.69 Å². The van der Waals surface area contributed by atoms with Gasteiger partial charge in [0.05, 0.1) is 23.3 Å². The van der Waals surface area contributed by atoms with Crippen molar-refractivity contribution in [3.8, 4) is 16.9 Å². The molecule has 0 saturated carbocycles. The van der Waals surface area contributed by atoms with Gasteiger partial charge < -0.3 is 0 Å². The molecule has 3 aromatic carbocycles. The highest BCUT2D eigenvalue weighted by Crippen LogP contribution is 2.15. The second kappa shape index (κ2) is 8.35. The summed E-state index contributed by atoms with van der Waals surface area (Å²) in [6.07, 6.45) is 1.74. The fourth-order valence-electron chi connectivity index (χ4n) is 2.87. The normalized spacial score (nSPS) is 10.9. The van der Waals surface area contributed by atoms with Gasteiger partial charge in [0.1, 0.15) is 0 Å². The number of nitrogens with one attached hydrogen (secondary N) is 1. The third-order valence-corrected chi connectivity index (χ3v) is 4.47. The van der Waals surface area contributed by atoms with E-state index in [1.807, 2.05) is 85.8 Å². The first kappa shape index (κ1) is 18.4. The lowest BCUT2D eigenvalue weighted by Gasteiger charge is -2.07. The van der Waals surface area contributed by atoms with E-state index in [-0.39, 0.29) is 5.56 Å². The van der Waals surface area contributed by atoms with Crippen LogP contribution in [0.5, 0.6) is 0 Å². The van der Waals surface area contributed by atoms with Gasteiger partial charge in [-0.25, -0.2) is 0 Å². The molecular weight excluding hydrogens is 360 g/mol. The largest absolute Gasteiger partial charge is 0.279 e. The van der Waals surface area contributed by atoms with Crippen LogP contribution in [0.1, 0.15) is 11.1 Å². The monoisotopic (exact) mass is 380 g/mol. The van der Waals surface area contributed by atoms with Crippen molar-refractivity contribution in [2.24, 2.45) is 5.10 Å². The maximum atomic E-state index is 12.3. The van der Waals surface area contributed by atoms with E-state index >= 15 is 0 Å². The molecule has 0 aliphatic rings. The first-order valence-corrected chi connectivity index (χ1v) is 9.31. The van der Waals surface area contributed by atoms with Crippen LogP contribution in [0.15, 0.2) is 101 Å². The van der Waals surface area contributed by atoms with Crippen molar-refractivity contribution >= 4 is 11.9 Å². The minimum atomic E-state index is -0.174. The number of rotatable bonds is 5. The first-order valence-electron chi connectivity index (χ1n) is 9.31. The van der Waals surface area contributed by atoms with Crippen molar-refractivity contribution in [2.75, 3.05) is 5.43 Å². The van der Waals surface area contributed by atoms with Crippen LogP contribution >= 0.6 is 0 Å². The molecule has 0 amide bonds. The molecule has 4 rings (SSSR count). The number of anilines is 1. The van der Waals surface area contributed by atoms with Gasteiger partial charge >= 0.3 is 0 Å². The summed E-state index contributed by atoms with van der Waals surface area (Å²) in [5.74, 6) is 0. The van der Waals surface area contributed by atoms with Crippen molar-refractivity contribution in [3.05, 3.63) is 112 Å². The Morgan fingerprint density at radius 1 is 0.862 bits per heavy atom. The maximum absolute atomic E-state index is 12.3. The van der Waals surface area contributed by atoms with Crippen molar-refractivity contribution in [3.63, 3.8) is 0 Å². The number of benzene rings is 3. The van der Waals surface area contributed by atoms with Crippen LogP contribution in [-0.4, -0.2) is 16.0 Å². The second-order valence-corrected chi connectivity index (χ2v) is 6.66. The summed E-state index contributed by atoms with van der Waals surface area (Å²) in [7, 11) is 0. The van der Waals surface area contributed by atoms with Crippen LogP contribution in [0.2, 0.25) is 0 Å². The Kier molecular flexibility index (Phi) is 5.29. The van der Waals surface area contributed by atoms with E-state index in [4.69, 9.17) is 0 Å². The van der Waals surface area contributed by atoms with Crippen molar-refractivity contribution in [1.82, 2.24) is 9.78 Å². The molecule has 0 spiro atoms. The molecule has 5 nitrogen and oxygen atoms in total. The van der Waals surface area contributed by atoms with Crippen LogP contribution in [0.25, 0.3) is 16.9 Å². The summed E-state index contributed by atoms with van der Waals surface area (Å²) >= 11 is 0. The van der Waals surface area contributed by atoms with Gasteiger partial charge in [-0.1, -0.05) is 60.2 Å². The lowest BCUT2D eigenvalue weighted by atomic mass is 10.1. The molecule has 1 aromatic heterocycles. The Labute approximate surface area is 169 Å². The quantitative estimate of drug-likeness (QED) is 0.405. The van der Waals surface area contributed by atoms with Crippen LogP contribution in [0.3, 0.4) is 0 Å². The molecular formula is C24H20N4O. The van der Waals surface area contributed by atoms with E-state index in [1.165, 1.54) is 16.3 Å². The van der Waals surface area contributed by atoms with Crippen LogP contribution in [0.4, 0.5) is 5.69 Å². The lowest BCUT2D eigenvalue weighted by Crippen LogP contribution is -2.20. The summed E-state index contributed by atoms with van der Waals surface area (Å²) in [6, 6.07) is 28.6. The predicted molar refractivity (Wildman–Crippen MR) is 118 cm³/mol. The molecule has 29 heavy (non-hydrogen) atoms. The Morgan fingerprint density at radius 2 is 1.59 bits per heavy atom. The van der Waals surface area contributed by atoms with E-state index in [9.17, 15) is 4.79 Å². The summed E-state index contributed by atoms with van der Waals surface area (Å²) in [5, 5.41) is 8.77. The van der Waals surface area contributed by atoms with E-state index in [1.54, 1.807) is 12.3 Å². The number of aryl methyl sites for hydroxylation is 1. The lowest BCUT2D eigenvalue weighted by molar-refractivity contribution is 0.812. The third kappa shape index (κ3) is 4.47. The highest BCUT2D eigenvalue weighted by molar-refractivity contribution is 5.80. The number of aromatic nitrogens is 2. The zero-order valence-electron chi connectivity index (χ0n) is 16.0. The zero-order valence-corrected chi connectivity index (χ0v) is 16.0. The van der Waals surface area contributed by atoms with Gasteiger partial charge in [-0.05, 0) is 42.8 Å². The van der Waals surface area contributed by atoms with Crippen molar-refractivity contribution in [1.29, 1.82) is 0 Å². The van der Waals surface area contributed by atoms with Gasteiger partial charge in [-0.15, -0.1) is 0 Å². The van der Waals surface area contributed by atoms with Gasteiger partial charge in [-0.2, -0.15) is 14.9 Å². The van der Waals surface area contributed by atoms with Crippen LogP contribution in [0, 0.1) is 6.92 Å². The Morgan fingerprint density at radius 3 is 2.31 bits per heavy atom. The smallest absolute Gasteiger partial charge is 0.271 e. The number of hydrogen-bond acceptors (Lipinski definition) is 4. The second-order valence-electron chi connectivity index (χ2n) is 6.66. The van der Waals surface area contributed by atoms with Gasteiger partial charge in [0.15, 0.2) is 0 Å². The summed E-state index contributed by atoms with van der Waals surface area (Å²) < 4.78 is 1.41. The topological polar surface area (TPSA) is 59.3 Å². The molecule has 0 bridgehead atoms. The van der Waals surface area contributed by atoms with E-state index in [0.717, 1.165) is 22.5 Å². The Balaban J connectivity index is 1.52. The van der Waals surface area contributed by atoms with Gasteiger partial charge in [-0.3, -0.25) is 10.2 Å². The molecule has 142 valence electrons. The number of nitrogens with zero attached hydrogens (tertiary/aromatic N) is 3. The van der Waals surface area contributed by atoms with Gasteiger partial charge in [0.2, 0.25) is 0 Å². The zero-order chi connectivity index (χ0) is 20.1. The number of hydrogen-bond donors (Lipinski definition) is 1. The minimum Gasteiger partial charge on any atom is -0.279 e. The molecule has 1 N–H and O–H groups in total. The fourth-order valence-corrected chi connectivity index (χ4v) is 2.87. The average molecular weight is 380 g/mol. The SMILES string of the molecule is Cc1ccc(NN=Cc2ccc(-n3nc(-c4ccccc4)ccc3=O)cc2)cc1. The van der Waals surface area contributed by atoms with Crippen molar-refractivity contribution < 1.29 is 0 Å². The van der Waals surface area contributed by atoms with Gasteiger partial charge in [0, 0.05) is 11.6 Å². The molecule has 0 radical (unpaired) electrons. The molecule has 0 fully saturated rings. The summed E-state index contributed by atoms with van der Waals surface area (Å²) in [5.41, 5.74) is 8.30. The van der Waals surface area contributed by atoms with Crippen molar-refractivity contribution in [2.45, 2.75) is 6.92 Å². The molecule has 1 heterocycles. The fraction of sp³-hybridized carbons (Fsp3) is 0.0417. The number of hydrazone groups is 1. The van der Waals surface area contributed by atoms with Crippen LogP contribution < -0.4 is 11.0 Å². The van der Waals surface area contributed by atoms with E-state index in [2.05, 4.69) is 15.6 Å². The predicted octanol–water partition coefficient (Wildman–Crippen LogP) is 4.65. The Bertz CT molecular complexity index is 1180. The first-order chi connectivity index (χ1) is 14.2. The standard InChI is InChI=1S/C24H20N4O/c1-18-7-11-21(12-8-18)26-25-17-19-9-13-22(14-10-19)28-24(29)16-15-23(27-28)20-5-3-2-4-6-20/h2-17,26H,1H3. The average Bonchev–Trinajstić information content (AvgIpc) is 2.77. The third-order valence-electron chi connectivity index (χ3n) is 4.47. The molecule has 4 aromatic rings. The summed E-state index contributed by atoms with van der Waals surface area (Å²) in [6.45, 7) is 2.05. The molecule has 5 heteroatoms. The highest BCUT2D eigenvalue weighted by atomic mass is 16.1. The molecule has 0 aliphatic carbocycles. The highest BCUT2D eigenvalue weighted by Gasteiger charge is 2.05. The molecule has 0 atom stereocenters. The minimum absolute atomic E-state index is 0.174. The van der Waals surface area contributed by atoms with Gasteiger partial charge in [0.25, 0.3) is 5.56 Å². The Hall–Kier alpha value is -3.99. The van der Waals surface area contributed by atoms with Crippen LogP contribution in [-0.2, 0) is 0 Å². The molecule has 0 saturated heterocycles.